The molecule has 0 aliphatic heterocycles. The third kappa shape index (κ3) is 2.86. The van der Waals surface area contributed by atoms with Crippen LogP contribution in [0.2, 0.25) is 0 Å². The number of carbonyl (C=O) groups is 1. The highest BCUT2D eigenvalue weighted by molar-refractivity contribution is 5.93. The Bertz CT molecular complexity index is 688. The van der Waals surface area contributed by atoms with Gasteiger partial charge in [0, 0.05) is 6.07 Å². The number of aryl methyl sites for hydroxylation is 1. The van der Waals surface area contributed by atoms with E-state index in [1.54, 1.807) is 12.1 Å². The van der Waals surface area contributed by atoms with E-state index < -0.39 is 0 Å². The van der Waals surface area contributed by atoms with Gasteiger partial charge in [0.05, 0.1) is 6.04 Å². The van der Waals surface area contributed by atoms with Gasteiger partial charge in [0.2, 0.25) is 0 Å². The Labute approximate surface area is 121 Å². The molecule has 4 nitrogen and oxygen atoms in total. The molecule has 1 aromatic carbocycles. The fourth-order valence-corrected chi connectivity index (χ4v) is 2.75. The summed E-state index contributed by atoms with van der Waals surface area (Å²) in [5.74, 6) is -0.616. The van der Waals surface area contributed by atoms with Crippen molar-refractivity contribution in [3.63, 3.8) is 0 Å². The molecule has 3 rings (SSSR count). The van der Waals surface area contributed by atoms with E-state index in [0.717, 1.165) is 30.4 Å². The van der Waals surface area contributed by atoms with Crippen molar-refractivity contribution in [3.05, 3.63) is 70.4 Å². The molecule has 1 aliphatic carbocycles. The third-order valence-electron chi connectivity index (χ3n) is 3.76. The fraction of sp³-hybridized carbons (Fsp3) is 0.250. The third-order valence-corrected chi connectivity index (χ3v) is 3.76. The van der Waals surface area contributed by atoms with Gasteiger partial charge in [0.1, 0.15) is 11.4 Å². The number of rotatable bonds is 2. The quantitative estimate of drug-likeness (QED) is 0.680. The van der Waals surface area contributed by atoms with Crippen LogP contribution in [0.4, 0.5) is 4.39 Å². The molecule has 1 N–H and O–H groups in total. The Morgan fingerprint density at radius 2 is 2.24 bits per heavy atom. The monoisotopic (exact) mass is 286 g/mol. The highest BCUT2D eigenvalue weighted by Gasteiger charge is 2.23. The van der Waals surface area contributed by atoms with Crippen LogP contribution in [0.15, 0.2) is 42.7 Å². The van der Waals surface area contributed by atoms with Crippen molar-refractivity contribution in [3.8, 4) is 0 Å². The predicted molar refractivity (Wildman–Crippen MR) is 74.9 cm³/mol. The number of nitrogens with zero attached hydrogens (tertiary/aromatic N) is 1. The van der Waals surface area contributed by atoms with Gasteiger partial charge in [-0.05, 0) is 48.6 Å². The number of hydrogen-bond acceptors (Lipinski definition) is 2. The number of nitrogens with one attached hydrogen (secondary N) is 1. The van der Waals surface area contributed by atoms with Crippen molar-refractivity contribution in [2.45, 2.75) is 25.3 Å². The lowest BCUT2D eigenvalue weighted by atomic mass is 9.87. The number of halogens is 1. The highest BCUT2D eigenvalue weighted by Crippen LogP contribution is 2.30. The van der Waals surface area contributed by atoms with Crippen LogP contribution < -0.4 is 10.0 Å². The first-order valence-corrected chi connectivity index (χ1v) is 6.91. The summed E-state index contributed by atoms with van der Waals surface area (Å²) in [5, 5.41) is 14.1. The predicted octanol–water partition coefficient (Wildman–Crippen LogP) is 2.27. The minimum absolute atomic E-state index is 0.211. The molecule has 0 fully saturated rings. The van der Waals surface area contributed by atoms with Crippen LogP contribution in [0.5, 0.6) is 0 Å². The van der Waals surface area contributed by atoms with Crippen molar-refractivity contribution in [1.29, 1.82) is 0 Å². The normalized spacial score (nSPS) is 17.1. The molecular formula is C16H15FN2O2. The topological polar surface area (TPSA) is 56.0 Å². The fourth-order valence-electron chi connectivity index (χ4n) is 2.75. The van der Waals surface area contributed by atoms with Gasteiger partial charge in [-0.25, -0.2) is 4.39 Å². The summed E-state index contributed by atoms with van der Waals surface area (Å²) >= 11 is 0. The summed E-state index contributed by atoms with van der Waals surface area (Å²) in [6.45, 7) is 0. The molecule has 2 aromatic rings. The lowest BCUT2D eigenvalue weighted by molar-refractivity contribution is -0.605. The minimum Gasteiger partial charge on any atom is -0.619 e. The maximum Gasteiger partial charge on any atom is 0.257 e. The van der Waals surface area contributed by atoms with Crippen LogP contribution in [0.25, 0.3) is 0 Å². The van der Waals surface area contributed by atoms with Gasteiger partial charge in [-0.1, -0.05) is 6.07 Å². The number of amides is 1. The second-order valence-corrected chi connectivity index (χ2v) is 5.21. The molecule has 0 spiro atoms. The van der Waals surface area contributed by atoms with E-state index in [4.69, 9.17) is 0 Å². The maximum atomic E-state index is 13.4. The number of benzene rings is 1. The van der Waals surface area contributed by atoms with E-state index in [-0.39, 0.29) is 17.8 Å². The molecule has 0 saturated heterocycles. The van der Waals surface area contributed by atoms with E-state index in [0.29, 0.717) is 10.3 Å². The molecule has 0 unspecified atom stereocenters. The molecule has 1 atom stereocenters. The van der Waals surface area contributed by atoms with E-state index in [1.165, 1.54) is 30.6 Å². The van der Waals surface area contributed by atoms with Crippen LogP contribution >= 0.6 is 0 Å². The van der Waals surface area contributed by atoms with Crippen LogP contribution in [0.1, 0.15) is 40.4 Å². The number of aromatic nitrogens is 1. The van der Waals surface area contributed by atoms with Crippen LogP contribution in [-0.2, 0) is 6.42 Å². The number of pyridine rings is 1. The molecule has 1 aromatic heterocycles. The molecular weight excluding hydrogens is 271 g/mol. The van der Waals surface area contributed by atoms with Crippen LogP contribution in [0.3, 0.4) is 0 Å². The zero-order valence-electron chi connectivity index (χ0n) is 11.4. The molecule has 108 valence electrons. The van der Waals surface area contributed by atoms with Crippen LogP contribution in [0, 0.1) is 11.0 Å². The first-order valence-electron chi connectivity index (χ1n) is 6.91. The lowest BCUT2D eigenvalue weighted by Crippen LogP contribution is -2.33. The SMILES string of the molecule is O=C(N[C@H]1CCCc2ccc(F)cc21)c1ccc[n+]([O-])c1. The van der Waals surface area contributed by atoms with Crippen LogP contribution in [-0.4, -0.2) is 5.91 Å². The lowest BCUT2D eigenvalue weighted by Gasteiger charge is -2.26. The van der Waals surface area contributed by atoms with Crippen molar-refractivity contribution in [2.24, 2.45) is 0 Å². The summed E-state index contributed by atoms with van der Waals surface area (Å²) in [6.07, 6.45) is 5.16. The van der Waals surface area contributed by atoms with Gasteiger partial charge in [0.25, 0.3) is 5.91 Å². The first kappa shape index (κ1) is 13.5. The van der Waals surface area contributed by atoms with Crippen molar-refractivity contribution < 1.29 is 13.9 Å². The Morgan fingerprint density at radius 3 is 3.05 bits per heavy atom. The number of hydrogen-bond donors (Lipinski definition) is 1. The highest BCUT2D eigenvalue weighted by atomic mass is 19.1. The summed E-state index contributed by atoms with van der Waals surface area (Å²) in [5.41, 5.74) is 2.21. The molecule has 0 radical (unpaired) electrons. The molecule has 5 heteroatoms. The number of carbonyl (C=O) groups excluding carboxylic acids is 1. The van der Waals surface area contributed by atoms with Gasteiger partial charge in [-0.15, -0.1) is 0 Å². The molecule has 0 bridgehead atoms. The van der Waals surface area contributed by atoms with E-state index in [1.807, 2.05) is 0 Å². The largest absolute Gasteiger partial charge is 0.619 e. The van der Waals surface area contributed by atoms with Crippen molar-refractivity contribution >= 4 is 5.91 Å². The second-order valence-electron chi connectivity index (χ2n) is 5.21. The summed E-state index contributed by atoms with van der Waals surface area (Å²) < 4.78 is 14.0. The average molecular weight is 286 g/mol. The molecule has 21 heavy (non-hydrogen) atoms. The Hall–Kier alpha value is -2.43. The van der Waals surface area contributed by atoms with Gasteiger partial charge in [-0.3, -0.25) is 4.79 Å². The first-order chi connectivity index (χ1) is 10.1. The Kier molecular flexibility index (Phi) is 3.56. The minimum atomic E-state index is -0.317. The average Bonchev–Trinajstić information content (AvgIpc) is 2.48. The molecule has 0 saturated carbocycles. The van der Waals surface area contributed by atoms with Gasteiger partial charge in [0.15, 0.2) is 12.4 Å². The van der Waals surface area contributed by atoms with E-state index in [2.05, 4.69) is 5.32 Å². The van der Waals surface area contributed by atoms with Crippen molar-refractivity contribution in [2.75, 3.05) is 0 Å². The Balaban J connectivity index is 1.83. The molecule has 1 heterocycles. The van der Waals surface area contributed by atoms with Gasteiger partial charge in [-0.2, -0.15) is 4.73 Å². The summed E-state index contributed by atoms with van der Waals surface area (Å²) in [6, 6.07) is 7.60. The number of fused-ring (bicyclic) bond motifs is 1. The molecule has 1 amide bonds. The summed E-state index contributed by atoms with van der Waals surface area (Å²) in [7, 11) is 0. The van der Waals surface area contributed by atoms with Gasteiger partial charge >= 0.3 is 0 Å². The van der Waals surface area contributed by atoms with E-state index in [9.17, 15) is 14.4 Å². The maximum absolute atomic E-state index is 13.4. The zero-order valence-corrected chi connectivity index (χ0v) is 11.4. The summed E-state index contributed by atoms with van der Waals surface area (Å²) in [4.78, 5) is 12.2. The van der Waals surface area contributed by atoms with E-state index >= 15 is 0 Å². The zero-order chi connectivity index (χ0) is 14.8. The van der Waals surface area contributed by atoms with Gasteiger partial charge < -0.3 is 10.5 Å². The molecule has 1 aliphatic rings. The van der Waals surface area contributed by atoms with Crippen molar-refractivity contribution in [1.82, 2.24) is 5.32 Å². The smallest absolute Gasteiger partial charge is 0.257 e. The second kappa shape index (κ2) is 5.52. The standard InChI is InChI=1S/C16H15FN2O2/c17-13-7-6-11-3-1-5-15(14(11)9-13)18-16(20)12-4-2-8-19(21)10-12/h2,4,6-10,15H,1,3,5H2,(H,18,20)/t15-/m0/s1. The Morgan fingerprint density at radius 1 is 1.38 bits per heavy atom.